The Balaban J connectivity index is 1.98. The molecule has 3 nitrogen and oxygen atoms in total. The Hall–Kier alpha value is -0.640. The Morgan fingerprint density at radius 2 is 2.12 bits per heavy atom. The number of ether oxygens (including phenoxy) is 1. The van der Waals surface area contributed by atoms with Crippen LogP contribution in [0.5, 0.6) is 0 Å². The molecule has 0 aliphatic carbocycles. The molecule has 2 atom stereocenters. The second-order valence-corrected chi connectivity index (χ2v) is 4.85. The van der Waals surface area contributed by atoms with Crippen LogP contribution in [0.15, 0.2) is 18.3 Å². The molecule has 88 valence electrons. The molecule has 0 N–H and O–H groups in total. The van der Waals surface area contributed by atoms with Gasteiger partial charge < -0.3 is 4.74 Å². The van der Waals surface area contributed by atoms with Gasteiger partial charge in [0.15, 0.2) is 0 Å². The van der Waals surface area contributed by atoms with E-state index in [1.54, 1.807) is 12.3 Å². The van der Waals surface area contributed by atoms with Crippen molar-refractivity contribution in [3.8, 4) is 0 Å². The fourth-order valence-corrected chi connectivity index (χ4v) is 2.36. The van der Waals surface area contributed by atoms with Crippen LogP contribution in [0.2, 0.25) is 5.02 Å². The van der Waals surface area contributed by atoms with Crippen molar-refractivity contribution < 1.29 is 4.74 Å². The summed E-state index contributed by atoms with van der Waals surface area (Å²) >= 11 is 5.94. The van der Waals surface area contributed by atoms with Crippen LogP contribution in [0.4, 0.5) is 0 Å². The summed E-state index contributed by atoms with van der Waals surface area (Å²) in [6.07, 6.45) is 2.34. The van der Waals surface area contributed by atoms with Gasteiger partial charge in [0.2, 0.25) is 0 Å². The standard InChI is InChI=1S/C12H17ClN2O/c1-9-6-15(7-10(2)16-9)8-12-5-11(13)3-4-14-12/h3-5,9-10H,6-8H2,1-2H3. The van der Waals surface area contributed by atoms with E-state index in [-0.39, 0.29) is 0 Å². The summed E-state index contributed by atoms with van der Waals surface area (Å²) in [5.74, 6) is 0. The monoisotopic (exact) mass is 240 g/mol. The largest absolute Gasteiger partial charge is 0.373 e. The van der Waals surface area contributed by atoms with Gasteiger partial charge in [-0.25, -0.2) is 0 Å². The van der Waals surface area contributed by atoms with E-state index in [0.29, 0.717) is 12.2 Å². The Kier molecular flexibility index (Phi) is 3.79. The summed E-state index contributed by atoms with van der Waals surface area (Å²) in [7, 11) is 0. The highest BCUT2D eigenvalue weighted by Crippen LogP contribution is 2.15. The minimum absolute atomic E-state index is 0.294. The maximum absolute atomic E-state index is 5.94. The van der Waals surface area contributed by atoms with E-state index in [0.717, 1.165) is 30.4 Å². The first-order valence-electron chi connectivity index (χ1n) is 5.61. The molecule has 0 radical (unpaired) electrons. The minimum Gasteiger partial charge on any atom is -0.373 e. The van der Waals surface area contributed by atoms with E-state index in [2.05, 4.69) is 23.7 Å². The molecule has 2 heterocycles. The molecule has 1 aliphatic heterocycles. The van der Waals surface area contributed by atoms with Gasteiger partial charge in [-0.15, -0.1) is 0 Å². The molecule has 0 bridgehead atoms. The zero-order chi connectivity index (χ0) is 11.5. The SMILES string of the molecule is CC1CN(Cc2cc(Cl)ccn2)CC(C)O1. The summed E-state index contributed by atoms with van der Waals surface area (Å²) in [6.45, 7) is 6.97. The number of pyridine rings is 1. The maximum Gasteiger partial charge on any atom is 0.0678 e. The van der Waals surface area contributed by atoms with Crippen molar-refractivity contribution in [3.05, 3.63) is 29.0 Å². The van der Waals surface area contributed by atoms with Crippen LogP contribution in [0, 0.1) is 0 Å². The maximum atomic E-state index is 5.94. The highest BCUT2D eigenvalue weighted by molar-refractivity contribution is 6.30. The molecule has 0 spiro atoms. The second kappa shape index (κ2) is 5.13. The van der Waals surface area contributed by atoms with Gasteiger partial charge in [-0.1, -0.05) is 11.6 Å². The number of hydrogen-bond acceptors (Lipinski definition) is 3. The normalized spacial score (nSPS) is 26.9. The average Bonchev–Trinajstić information content (AvgIpc) is 2.15. The number of aromatic nitrogens is 1. The third kappa shape index (κ3) is 3.17. The fourth-order valence-electron chi connectivity index (χ4n) is 2.18. The first-order valence-corrected chi connectivity index (χ1v) is 5.99. The van der Waals surface area contributed by atoms with Crippen LogP contribution in [-0.2, 0) is 11.3 Å². The van der Waals surface area contributed by atoms with Crippen molar-refractivity contribution in [3.63, 3.8) is 0 Å². The third-order valence-corrected chi connectivity index (χ3v) is 2.89. The van der Waals surface area contributed by atoms with Crippen LogP contribution < -0.4 is 0 Å². The topological polar surface area (TPSA) is 25.4 Å². The number of halogens is 1. The van der Waals surface area contributed by atoms with Gasteiger partial charge in [0, 0.05) is 30.9 Å². The van der Waals surface area contributed by atoms with Crippen molar-refractivity contribution in [2.24, 2.45) is 0 Å². The summed E-state index contributed by atoms with van der Waals surface area (Å²) in [6, 6.07) is 3.72. The zero-order valence-electron chi connectivity index (χ0n) is 9.69. The molecular formula is C12H17ClN2O. The molecule has 0 amide bonds. The van der Waals surface area contributed by atoms with Gasteiger partial charge in [-0.2, -0.15) is 0 Å². The van der Waals surface area contributed by atoms with Crippen LogP contribution in [-0.4, -0.2) is 35.2 Å². The van der Waals surface area contributed by atoms with Crippen LogP contribution in [0.3, 0.4) is 0 Å². The molecule has 1 aromatic rings. The Morgan fingerprint density at radius 1 is 1.44 bits per heavy atom. The highest BCUT2D eigenvalue weighted by Gasteiger charge is 2.22. The van der Waals surface area contributed by atoms with E-state index in [4.69, 9.17) is 16.3 Å². The molecule has 0 saturated carbocycles. The van der Waals surface area contributed by atoms with E-state index in [1.165, 1.54) is 0 Å². The first kappa shape index (κ1) is 11.8. The molecule has 4 heteroatoms. The molecule has 16 heavy (non-hydrogen) atoms. The molecule has 1 fully saturated rings. The van der Waals surface area contributed by atoms with Crippen molar-refractivity contribution >= 4 is 11.6 Å². The van der Waals surface area contributed by atoms with Crippen LogP contribution in [0.25, 0.3) is 0 Å². The number of rotatable bonds is 2. The lowest BCUT2D eigenvalue weighted by atomic mass is 10.2. The van der Waals surface area contributed by atoms with Gasteiger partial charge in [0.1, 0.15) is 0 Å². The van der Waals surface area contributed by atoms with Crippen molar-refractivity contribution in [2.45, 2.75) is 32.6 Å². The third-order valence-electron chi connectivity index (χ3n) is 2.66. The van der Waals surface area contributed by atoms with Crippen molar-refractivity contribution in [2.75, 3.05) is 13.1 Å². The van der Waals surface area contributed by atoms with Gasteiger partial charge in [-0.3, -0.25) is 9.88 Å². The number of nitrogens with zero attached hydrogens (tertiary/aromatic N) is 2. The van der Waals surface area contributed by atoms with Crippen molar-refractivity contribution in [1.29, 1.82) is 0 Å². The molecule has 1 aliphatic rings. The van der Waals surface area contributed by atoms with E-state index < -0.39 is 0 Å². The van der Waals surface area contributed by atoms with Gasteiger partial charge in [-0.05, 0) is 26.0 Å². The smallest absolute Gasteiger partial charge is 0.0678 e. The first-order chi connectivity index (χ1) is 7.63. The van der Waals surface area contributed by atoms with Gasteiger partial charge >= 0.3 is 0 Å². The fraction of sp³-hybridized carbons (Fsp3) is 0.583. The predicted molar refractivity (Wildman–Crippen MR) is 64.5 cm³/mol. The molecule has 1 saturated heterocycles. The molecule has 0 aromatic carbocycles. The quantitative estimate of drug-likeness (QED) is 0.794. The lowest BCUT2D eigenvalue weighted by Gasteiger charge is -2.35. The Morgan fingerprint density at radius 3 is 2.75 bits per heavy atom. The van der Waals surface area contributed by atoms with Crippen LogP contribution in [0.1, 0.15) is 19.5 Å². The highest BCUT2D eigenvalue weighted by atomic mass is 35.5. The Labute approximate surface area is 101 Å². The average molecular weight is 241 g/mol. The van der Waals surface area contributed by atoms with E-state index in [1.807, 2.05) is 6.07 Å². The molecule has 2 rings (SSSR count). The summed E-state index contributed by atoms with van der Waals surface area (Å²) in [5, 5.41) is 0.749. The number of morpholine rings is 1. The Bertz CT molecular complexity index is 349. The van der Waals surface area contributed by atoms with E-state index in [9.17, 15) is 0 Å². The van der Waals surface area contributed by atoms with Gasteiger partial charge in [0.05, 0.1) is 17.9 Å². The van der Waals surface area contributed by atoms with Crippen molar-refractivity contribution in [1.82, 2.24) is 9.88 Å². The summed E-state index contributed by atoms with van der Waals surface area (Å²) < 4.78 is 5.69. The predicted octanol–water partition coefficient (Wildman–Crippen LogP) is 2.34. The summed E-state index contributed by atoms with van der Waals surface area (Å²) in [5.41, 5.74) is 1.02. The zero-order valence-corrected chi connectivity index (χ0v) is 10.4. The molecule has 2 unspecified atom stereocenters. The lowest BCUT2D eigenvalue weighted by molar-refractivity contribution is -0.0707. The van der Waals surface area contributed by atoms with Crippen LogP contribution >= 0.6 is 11.6 Å². The second-order valence-electron chi connectivity index (χ2n) is 4.42. The van der Waals surface area contributed by atoms with E-state index >= 15 is 0 Å². The summed E-state index contributed by atoms with van der Waals surface area (Å²) in [4.78, 5) is 6.68. The lowest BCUT2D eigenvalue weighted by Crippen LogP contribution is -2.44. The molecular weight excluding hydrogens is 224 g/mol. The minimum atomic E-state index is 0.294. The number of hydrogen-bond donors (Lipinski definition) is 0. The molecule has 1 aromatic heterocycles. The van der Waals surface area contributed by atoms with Gasteiger partial charge in [0.25, 0.3) is 0 Å².